The van der Waals surface area contributed by atoms with Gasteiger partial charge in [-0.05, 0) is 60.2 Å². The van der Waals surface area contributed by atoms with Gasteiger partial charge in [0.05, 0.1) is 12.7 Å². The van der Waals surface area contributed by atoms with Crippen molar-refractivity contribution >= 4 is 28.7 Å². The van der Waals surface area contributed by atoms with E-state index < -0.39 is 11.3 Å². The standard InChI is InChI=1S/C30H23FN2O5S/c1-37-26-24(11-6-12-25(26)38-18-19-7-5-10-22(17-19)30(35)36)29-33(28(34)21-8-3-2-4-9-21)32-27(39-29)20-13-15-23(31)16-14-20/h2-17,29H,18H2,1H3,(H,35,36). The molecular weight excluding hydrogens is 519 g/mol. The van der Waals surface area contributed by atoms with Gasteiger partial charge in [0.15, 0.2) is 11.5 Å². The molecule has 0 aromatic heterocycles. The number of hydrogen-bond donors (Lipinski definition) is 1. The van der Waals surface area contributed by atoms with Gasteiger partial charge in [-0.1, -0.05) is 54.2 Å². The monoisotopic (exact) mass is 542 g/mol. The predicted octanol–water partition coefficient (Wildman–Crippen LogP) is 6.36. The van der Waals surface area contributed by atoms with Gasteiger partial charge in [-0.3, -0.25) is 4.79 Å². The lowest BCUT2D eigenvalue weighted by Gasteiger charge is -2.24. The van der Waals surface area contributed by atoms with Gasteiger partial charge in [0.1, 0.15) is 22.8 Å². The Morgan fingerprint density at radius 2 is 1.67 bits per heavy atom. The topological polar surface area (TPSA) is 88.4 Å². The lowest BCUT2D eigenvalue weighted by molar-refractivity contribution is 0.0695. The van der Waals surface area contributed by atoms with Crippen molar-refractivity contribution < 1.29 is 28.6 Å². The summed E-state index contributed by atoms with van der Waals surface area (Å²) in [6.07, 6.45) is 0. The first-order chi connectivity index (χ1) is 18.9. The van der Waals surface area contributed by atoms with E-state index in [9.17, 15) is 19.1 Å². The number of nitrogens with zero attached hydrogens (tertiary/aromatic N) is 2. The van der Waals surface area contributed by atoms with Crippen molar-refractivity contribution in [1.29, 1.82) is 0 Å². The largest absolute Gasteiger partial charge is 0.492 e. The normalized spacial score (nSPS) is 14.6. The van der Waals surface area contributed by atoms with Crippen molar-refractivity contribution in [2.75, 3.05) is 7.11 Å². The molecule has 1 amide bonds. The summed E-state index contributed by atoms with van der Waals surface area (Å²) in [6.45, 7) is 0.114. The average Bonchev–Trinajstić information content (AvgIpc) is 3.41. The molecule has 4 aromatic rings. The Kier molecular flexibility index (Phi) is 7.60. The zero-order chi connectivity index (χ0) is 27.4. The number of rotatable bonds is 8. The first-order valence-corrected chi connectivity index (χ1v) is 12.8. The van der Waals surface area contributed by atoms with Crippen LogP contribution in [0, 0.1) is 5.82 Å². The van der Waals surface area contributed by atoms with Crippen LogP contribution < -0.4 is 9.47 Å². The Hall–Kier alpha value is -4.63. The molecule has 0 saturated carbocycles. The number of methoxy groups -OCH3 is 1. The van der Waals surface area contributed by atoms with Crippen LogP contribution >= 0.6 is 11.8 Å². The van der Waals surface area contributed by atoms with Crippen LogP contribution in [0.3, 0.4) is 0 Å². The Labute approximate surface area is 228 Å². The third kappa shape index (κ3) is 5.63. The van der Waals surface area contributed by atoms with Gasteiger partial charge in [0.2, 0.25) is 0 Å². The molecule has 0 saturated heterocycles. The molecule has 0 aliphatic carbocycles. The van der Waals surface area contributed by atoms with Crippen LogP contribution in [0.4, 0.5) is 4.39 Å². The van der Waals surface area contributed by atoms with Crippen molar-refractivity contribution in [2.24, 2.45) is 5.10 Å². The number of benzene rings is 4. The maximum atomic E-state index is 13.6. The Bertz CT molecular complexity index is 1540. The fourth-order valence-corrected chi connectivity index (χ4v) is 5.30. The number of carbonyl (C=O) groups excluding carboxylic acids is 1. The smallest absolute Gasteiger partial charge is 0.335 e. The van der Waals surface area contributed by atoms with E-state index in [2.05, 4.69) is 5.10 Å². The average molecular weight is 543 g/mol. The van der Waals surface area contributed by atoms with Crippen LogP contribution in [-0.4, -0.2) is 34.1 Å². The van der Waals surface area contributed by atoms with E-state index in [1.54, 1.807) is 66.7 Å². The highest BCUT2D eigenvalue weighted by Gasteiger charge is 2.37. The predicted molar refractivity (Wildman–Crippen MR) is 147 cm³/mol. The third-order valence-corrected chi connectivity index (χ3v) is 7.23. The molecule has 0 spiro atoms. The molecule has 196 valence electrons. The van der Waals surface area contributed by atoms with E-state index in [1.165, 1.54) is 42.1 Å². The minimum absolute atomic E-state index is 0.114. The number of ether oxygens (including phenoxy) is 2. The summed E-state index contributed by atoms with van der Waals surface area (Å²) >= 11 is 1.34. The highest BCUT2D eigenvalue weighted by atomic mass is 32.2. The maximum absolute atomic E-state index is 13.6. The molecular formula is C30H23FN2O5S. The second kappa shape index (κ2) is 11.4. The summed E-state index contributed by atoms with van der Waals surface area (Å²) in [5.74, 6) is -0.833. The fraction of sp³-hybridized carbons (Fsp3) is 0.100. The zero-order valence-electron chi connectivity index (χ0n) is 20.8. The Balaban J connectivity index is 1.48. The van der Waals surface area contributed by atoms with Crippen LogP contribution in [0.1, 0.15) is 42.8 Å². The highest BCUT2D eigenvalue weighted by Crippen LogP contribution is 2.47. The minimum atomic E-state index is -1.02. The second-order valence-electron chi connectivity index (χ2n) is 8.57. The summed E-state index contributed by atoms with van der Waals surface area (Å²) in [6, 6.07) is 26.7. The summed E-state index contributed by atoms with van der Waals surface area (Å²) in [4.78, 5) is 24.9. The van der Waals surface area contributed by atoms with E-state index in [-0.39, 0.29) is 23.9 Å². The van der Waals surface area contributed by atoms with Gasteiger partial charge in [0, 0.05) is 16.7 Å². The zero-order valence-corrected chi connectivity index (χ0v) is 21.6. The number of halogens is 1. The molecule has 0 radical (unpaired) electrons. The van der Waals surface area contributed by atoms with Gasteiger partial charge in [-0.25, -0.2) is 14.2 Å². The number of amides is 1. The van der Waals surface area contributed by atoms with Crippen molar-refractivity contribution in [2.45, 2.75) is 12.0 Å². The number of thioether (sulfide) groups is 1. The molecule has 7 nitrogen and oxygen atoms in total. The van der Waals surface area contributed by atoms with E-state index in [4.69, 9.17) is 9.47 Å². The third-order valence-electron chi connectivity index (χ3n) is 6.01. The van der Waals surface area contributed by atoms with E-state index in [0.29, 0.717) is 38.8 Å². The molecule has 1 aliphatic rings. The summed E-state index contributed by atoms with van der Waals surface area (Å²) < 4.78 is 25.4. The van der Waals surface area contributed by atoms with Gasteiger partial charge in [-0.15, -0.1) is 0 Å². The van der Waals surface area contributed by atoms with Gasteiger partial charge >= 0.3 is 5.97 Å². The van der Waals surface area contributed by atoms with Crippen LogP contribution in [0.5, 0.6) is 11.5 Å². The van der Waals surface area contributed by atoms with Gasteiger partial charge in [0.25, 0.3) is 5.91 Å². The molecule has 4 aromatic carbocycles. The van der Waals surface area contributed by atoms with Crippen molar-refractivity contribution in [3.05, 3.63) is 131 Å². The lowest BCUT2D eigenvalue weighted by Crippen LogP contribution is -2.26. The molecule has 1 heterocycles. The molecule has 0 fully saturated rings. The van der Waals surface area contributed by atoms with Crippen LogP contribution in [0.15, 0.2) is 102 Å². The molecule has 1 N–H and O–H groups in total. The van der Waals surface area contributed by atoms with E-state index in [1.807, 2.05) is 12.1 Å². The Morgan fingerprint density at radius 3 is 2.38 bits per heavy atom. The first kappa shape index (κ1) is 26.0. The molecule has 39 heavy (non-hydrogen) atoms. The molecule has 5 rings (SSSR count). The van der Waals surface area contributed by atoms with Crippen molar-refractivity contribution in [3.63, 3.8) is 0 Å². The van der Waals surface area contributed by atoms with Crippen LogP contribution in [-0.2, 0) is 6.61 Å². The molecule has 1 atom stereocenters. The second-order valence-corrected chi connectivity index (χ2v) is 9.64. The lowest BCUT2D eigenvalue weighted by atomic mass is 10.1. The first-order valence-electron chi connectivity index (χ1n) is 12.0. The number of carbonyl (C=O) groups is 2. The summed E-state index contributed by atoms with van der Waals surface area (Å²) in [7, 11) is 1.52. The van der Waals surface area contributed by atoms with Crippen molar-refractivity contribution in [1.82, 2.24) is 5.01 Å². The minimum Gasteiger partial charge on any atom is -0.492 e. The van der Waals surface area contributed by atoms with Gasteiger partial charge < -0.3 is 14.6 Å². The van der Waals surface area contributed by atoms with Crippen LogP contribution in [0.2, 0.25) is 0 Å². The Morgan fingerprint density at radius 1 is 0.949 bits per heavy atom. The van der Waals surface area contributed by atoms with Crippen molar-refractivity contribution in [3.8, 4) is 11.5 Å². The molecule has 9 heteroatoms. The quantitative estimate of drug-likeness (QED) is 0.279. The number of carboxylic acid groups (broad SMARTS) is 1. The van der Waals surface area contributed by atoms with E-state index >= 15 is 0 Å². The fourth-order valence-electron chi connectivity index (χ4n) is 4.12. The van der Waals surface area contributed by atoms with E-state index in [0.717, 1.165) is 0 Å². The number of aromatic carboxylic acids is 1. The number of hydrogen-bond acceptors (Lipinski definition) is 6. The molecule has 0 bridgehead atoms. The maximum Gasteiger partial charge on any atom is 0.335 e. The summed E-state index contributed by atoms with van der Waals surface area (Å²) in [5.41, 5.74) is 2.65. The number of para-hydroxylation sites is 1. The van der Waals surface area contributed by atoms with Crippen LogP contribution in [0.25, 0.3) is 0 Å². The molecule has 1 aliphatic heterocycles. The SMILES string of the molecule is COc1c(OCc2cccc(C(=O)O)c2)cccc1C1SC(c2ccc(F)cc2)=NN1C(=O)c1ccccc1. The number of carboxylic acids is 1. The molecule has 1 unspecified atom stereocenters. The van der Waals surface area contributed by atoms with Gasteiger partial charge in [-0.2, -0.15) is 5.10 Å². The highest BCUT2D eigenvalue weighted by molar-refractivity contribution is 8.14. The number of hydrazone groups is 1. The summed E-state index contributed by atoms with van der Waals surface area (Å²) in [5, 5.41) is 15.3.